The van der Waals surface area contributed by atoms with Gasteiger partial charge in [0.25, 0.3) is 5.56 Å². The van der Waals surface area contributed by atoms with Crippen LogP contribution in [-0.2, 0) is 16.7 Å². The third-order valence-electron chi connectivity index (χ3n) is 3.33. The van der Waals surface area contributed by atoms with Gasteiger partial charge >= 0.3 is 0 Å². The number of hydrogen-bond acceptors (Lipinski definition) is 9. The average molecular weight is 449 g/mol. The highest BCUT2D eigenvalue weighted by molar-refractivity contribution is 5.76. The minimum absolute atomic E-state index is 0.0915. The lowest BCUT2D eigenvalue weighted by Crippen LogP contribution is -2.21. The quantitative estimate of drug-likeness (QED) is 0.405. The Morgan fingerprint density at radius 1 is 1.16 bits per heavy atom. The molecule has 0 atom stereocenters. The molecular weight excluding hydrogens is 412 g/mol. The minimum atomic E-state index is -0.208. The van der Waals surface area contributed by atoms with Crippen LogP contribution in [0.5, 0.6) is 0 Å². The molecule has 0 amide bonds. The lowest BCUT2D eigenvalue weighted by molar-refractivity contribution is -0.237. The molecule has 10 heteroatoms. The van der Waals surface area contributed by atoms with Crippen molar-refractivity contribution in [3.8, 4) is 0 Å². The number of nitrogens with zero attached hydrogens (tertiary/aromatic N) is 4. The van der Waals surface area contributed by atoms with E-state index >= 15 is 0 Å². The summed E-state index contributed by atoms with van der Waals surface area (Å²) < 4.78 is 1.51. The molecule has 0 radical (unpaired) electrons. The van der Waals surface area contributed by atoms with E-state index in [-0.39, 0.29) is 17.9 Å². The summed E-state index contributed by atoms with van der Waals surface area (Å²) in [6, 6.07) is 7.25. The molecule has 0 aliphatic rings. The van der Waals surface area contributed by atoms with Crippen LogP contribution < -0.4 is 16.6 Å². The van der Waals surface area contributed by atoms with Crippen molar-refractivity contribution >= 4 is 28.5 Å². The zero-order chi connectivity index (χ0) is 25.1. The number of nitrogen functional groups attached to an aromatic ring is 1. The summed E-state index contributed by atoms with van der Waals surface area (Å²) >= 11 is 0. The minimum Gasteiger partial charge on any atom is -0.396 e. The normalized spacial score (nSPS) is 8.78. The van der Waals surface area contributed by atoms with E-state index in [0.717, 1.165) is 11.3 Å². The van der Waals surface area contributed by atoms with Crippen LogP contribution in [0.2, 0.25) is 0 Å². The van der Waals surface area contributed by atoms with Crippen LogP contribution in [0.4, 0.5) is 11.5 Å². The Kier molecular flexibility index (Phi) is 17.7. The molecule has 0 spiro atoms. The summed E-state index contributed by atoms with van der Waals surface area (Å²) in [5, 5.41) is 10.4. The number of rotatable bonds is 3. The van der Waals surface area contributed by atoms with Crippen LogP contribution in [-0.4, -0.2) is 44.2 Å². The van der Waals surface area contributed by atoms with Crippen molar-refractivity contribution in [2.24, 2.45) is 7.05 Å². The number of ketones is 1. The van der Waals surface area contributed by atoms with E-state index in [4.69, 9.17) is 11.0 Å². The average Bonchev–Trinajstić information content (AvgIpc) is 2.81. The second kappa shape index (κ2) is 18.4. The SMILES string of the molecule is CC.CC.CC(=O)COO.CNc1ncccc1N.Cc1nc2cccnc2n(C)c1=O. The maximum Gasteiger partial charge on any atom is 0.273 e. The Bertz CT molecular complexity index is 976. The molecule has 0 saturated heterocycles. The van der Waals surface area contributed by atoms with Crippen LogP contribution in [0.25, 0.3) is 11.2 Å². The van der Waals surface area contributed by atoms with E-state index in [1.807, 2.05) is 33.8 Å². The number of fused-ring (bicyclic) bond motifs is 1. The molecule has 0 saturated carbocycles. The lowest BCUT2D eigenvalue weighted by Gasteiger charge is -2.02. The van der Waals surface area contributed by atoms with Gasteiger partial charge in [-0.3, -0.25) is 19.4 Å². The predicted molar refractivity (Wildman–Crippen MR) is 130 cm³/mol. The zero-order valence-corrected chi connectivity index (χ0v) is 20.2. The fourth-order valence-electron chi connectivity index (χ4n) is 2.02. The van der Waals surface area contributed by atoms with Gasteiger partial charge in [-0.1, -0.05) is 27.7 Å². The van der Waals surface area contributed by atoms with Crippen molar-refractivity contribution < 1.29 is 14.9 Å². The molecular formula is C22H36N6O4. The van der Waals surface area contributed by atoms with E-state index in [1.54, 1.807) is 51.6 Å². The summed E-state index contributed by atoms with van der Waals surface area (Å²) in [5.74, 6) is 0.551. The monoisotopic (exact) mass is 448 g/mol. The predicted octanol–water partition coefficient (Wildman–Crippen LogP) is 3.46. The molecule has 4 N–H and O–H groups in total. The number of aryl methyl sites for hydroxylation is 2. The first-order valence-electron chi connectivity index (χ1n) is 10.2. The molecule has 0 fully saturated rings. The highest BCUT2D eigenvalue weighted by Gasteiger charge is 2.03. The molecule has 32 heavy (non-hydrogen) atoms. The van der Waals surface area contributed by atoms with Gasteiger partial charge in [-0.15, -0.1) is 0 Å². The first kappa shape index (κ1) is 30.8. The van der Waals surface area contributed by atoms with Crippen molar-refractivity contribution in [1.82, 2.24) is 19.5 Å². The smallest absolute Gasteiger partial charge is 0.273 e. The number of Topliss-reactive ketones (excluding diaryl/α,β-unsaturated/α-hetero) is 1. The molecule has 3 heterocycles. The van der Waals surface area contributed by atoms with Gasteiger partial charge in [0, 0.05) is 26.5 Å². The molecule has 0 aromatic carbocycles. The molecule has 3 aromatic rings. The second-order valence-corrected chi connectivity index (χ2v) is 5.57. The molecule has 3 rings (SSSR count). The standard InChI is InChI=1S/C9H9N3O.C6H9N3.C3H6O3.2C2H6/c1-6-9(13)12(2)8-7(11-6)4-3-5-10-8;1-8-6-5(7)3-2-4-9-6;1-3(4)2-6-5;2*1-2/h3-5H,1-2H3;2-4H,7H2,1H3,(H,8,9);5H,2H2,1H3;2*1-2H3. The highest BCUT2D eigenvalue weighted by atomic mass is 17.1. The van der Waals surface area contributed by atoms with Gasteiger partial charge < -0.3 is 11.1 Å². The fraction of sp³-hybridized carbons (Fsp3) is 0.409. The van der Waals surface area contributed by atoms with Gasteiger partial charge in [-0.25, -0.2) is 19.8 Å². The van der Waals surface area contributed by atoms with Crippen molar-refractivity contribution in [3.63, 3.8) is 0 Å². The van der Waals surface area contributed by atoms with Gasteiger partial charge in [0.05, 0.1) is 5.69 Å². The van der Waals surface area contributed by atoms with Crippen molar-refractivity contribution in [3.05, 3.63) is 52.7 Å². The number of nitrogens with one attached hydrogen (secondary N) is 1. The van der Waals surface area contributed by atoms with E-state index in [1.165, 1.54) is 11.5 Å². The molecule has 3 aromatic heterocycles. The second-order valence-electron chi connectivity index (χ2n) is 5.57. The number of aromatic nitrogens is 4. The Balaban J connectivity index is 0. The summed E-state index contributed by atoms with van der Waals surface area (Å²) in [6.07, 6.45) is 3.35. The van der Waals surface area contributed by atoms with Gasteiger partial charge in [-0.2, -0.15) is 0 Å². The van der Waals surface area contributed by atoms with Gasteiger partial charge in [-0.05, 0) is 38.1 Å². The Labute approximate surface area is 189 Å². The first-order chi connectivity index (χ1) is 15.3. The number of carbonyl (C=O) groups excluding carboxylic acids is 1. The van der Waals surface area contributed by atoms with Crippen LogP contribution in [0, 0.1) is 6.92 Å². The molecule has 0 bridgehead atoms. The van der Waals surface area contributed by atoms with Crippen molar-refractivity contribution in [2.45, 2.75) is 41.5 Å². The third-order valence-corrected chi connectivity index (χ3v) is 3.33. The van der Waals surface area contributed by atoms with E-state index in [2.05, 4.69) is 25.2 Å². The van der Waals surface area contributed by atoms with Gasteiger partial charge in [0.15, 0.2) is 11.4 Å². The summed E-state index contributed by atoms with van der Waals surface area (Å²) in [4.78, 5) is 36.8. The van der Waals surface area contributed by atoms with E-state index < -0.39 is 0 Å². The lowest BCUT2D eigenvalue weighted by atomic mass is 10.4. The maximum atomic E-state index is 11.4. The molecule has 0 unspecified atom stereocenters. The number of anilines is 2. The summed E-state index contributed by atoms with van der Waals surface area (Å²) in [7, 11) is 3.49. The van der Waals surface area contributed by atoms with E-state index in [9.17, 15) is 9.59 Å². The largest absolute Gasteiger partial charge is 0.396 e. The van der Waals surface area contributed by atoms with Gasteiger partial charge in [0.1, 0.15) is 23.6 Å². The summed E-state index contributed by atoms with van der Waals surface area (Å²) in [5.41, 5.74) is 7.97. The highest BCUT2D eigenvalue weighted by Crippen LogP contribution is 2.10. The van der Waals surface area contributed by atoms with Crippen molar-refractivity contribution in [1.29, 1.82) is 0 Å². The third kappa shape index (κ3) is 11.1. The molecule has 0 aliphatic heterocycles. The number of carbonyl (C=O) groups is 1. The molecule has 178 valence electrons. The van der Waals surface area contributed by atoms with Crippen LogP contribution in [0.3, 0.4) is 0 Å². The first-order valence-corrected chi connectivity index (χ1v) is 10.2. The van der Waals surface area contributed by atoms with Gasteiger partial charge in [0.2, 0.25) is 0 Å². The van der Waals surface area contributed by atoms with Crippen LogP contribution in [0.1, 0.15) is 40.3 Å². The number of pyridine rings is 2. The van der Waals surface area contributed by atoms with E-state index in [0.29, 0.717) is 17.0 Å². The number of nitrogens with two attached hydrogens (primary N) is 1. The zero-order valence-electron chi connectivity index (χ0n) is 20.2. The molecule has 0 aliphatic carbocycles. The maximum absolute atomic E-state index is 11.4. The van der Waals surface area contributed by atoms with Crippen LogP contribution in [0.15, 0.2) is 41.5 Å². The van der Waals surface area contributed by atoms with Crippen molar-refractivity contribution in [2.75, 3.05) is 24.7 Å². The molecule has 10 nitrogen and oxygen atoms in total. The Morgan fingerprint density at radius 3 is 2.16 bits per heavy atom. The fourth-order valence-corrected chi connectivity index (χ4v) is 2.02. The summed E-state index contributed by atoms with van der Waals surface area (Å²) in [6.45, 7) is 10.8. The Morgan fingerprint density at radius 2 is 1.72 bits per heavy atom. The number of hydrogen-bond donors (Lipinski definition) is 3. The Hall–Kier alpha value is -3.37. The topological polar surface area (TPSA) is 145 Å². The van der Waals surface area contributed by atoms with Crippen LogP contribution >= 0.6 is 0 Å².